The molecule has 1 saturated heterocycles. The molecule has 5 heteroatoms. The second kappa shape index (κ2) is 6.17. The van der Waals surface area contributed by atoms with Crippen molar-refractivity contribution in [3.8, 4) is 0 Å². The maximum absolute atomic E-state index is 6.08. The monoisotopic (exact) mass is 305 g/mol. The first kappa shape index (κ1) is 16.6. The number of hydrogen-bond donors (Lipinski definition) is 2. The van der Waals surface area contributed by atoms with Crippen molar-refractivity contribution in [3.05, 3.63) is 40.9 Å². The van der Waals surface area contributed by atoms with Gasteiger partial charge in [-0.2, -0.15) is 12.6 Å². The van der Waals surface area contributed by atoms with Gasteiger partial charge in [-0.1, -0.05) is 30.3 Å². The van der Waals surface area contributed by atoms with E-state index in [9.17, 15) is 0 Å². The van der Waals surface area contributed by atoms with Gasteiger partial charge in [-0.25, -0.2) is 0 Å². The number of hydrogen-bond acceptors (Lipinski definition) is 4. The van der Waals surface area contributed by atoms with E-state index in [2.05, 4.69) is 52.5 Å². The van der Waals surface area contributed by atoms with Crippen LogP contribution >= 0.6 is 12.6 Å². The second-order valence-corrected chi connectivity index (χ2v) is 6.73. The van der Waals surface area contributed by atoms with Gasteiger partial charge in [-0.15, -0.1) is 0 Å². The Kier molecular flexibility index (Phi) is 4.88. The van der Waals surface area contributed by atoms with E-state index in [0.29, 0.717) is 12.3 Å². The minimum atomic E-state index is -0.353. The molecule has 1 aliphatic heterocycles. The summed E-state index contributed by atoms with van der Waals surface area (Å²) in [4.78, 5) is 0. The Balaban J connectivity index is 2.26. The van der Waals surface area contributed by atoms with Crippen LogP contribution in [0.1, 0.15) is 38.8 Å². The molecule has 1 aliphatic rings. The van der Waals surface area contributed by atoms with Crippen LogP contribution in [0.2, 0.25) is 0 Å². The highest BCUT2D eigenvalue weighted by Gasteiger charge is 2.52. The molecule has 3 nitrogen and oxygen atoms in total. The van der Waals surface area contributed by atoms with Crippen molar-refractivity contribution in [2.75, 3.05) is 5.75 Å². The molecule has 114 valence electrons. The van der Waals surface area contributed by atoms with Crippen molar-refractivity contribution in [3.63, 3.8) is 0 Å². The normalized spacial score (nSPS) is 20.9. The van der Waals surface area contributed by atoms with Gasteiger partial charge < -0.3 is 15.0 Å². The van der Waals surface area contributed by atoms with Crippen molar-refractivity contribution in [2.24, 2.45) is 5.73 Å². The van der Waals surface area contributed by atoms with Crippen molar-refractivity contribution in [1.82, 2.24) is 0 Å². The maximum Gasteiger partial charge on any atom is 0.491 e. The lowest BCUT2D eigenvalue weighted by molar-refractivity contribution is 0.00578. The smallest absolute Gasteiger partial charge is 0.400 e. The lowest BCUT2D eigenvalue weighted by atomic mass is 9.78. The molecule has 1 heterocycles. The third kappa shape index (κ3) is 3.54. The molecule has 1 fully saturated rings. The van der Waals surface area contributed by atoms with Gasteiger partial charge in [0.1, 0.15) is 0 Å². The van der Waals surface area contributed by atoms with Gasteiger partial charge >= 0.3 is 7.12 Å². The minimum absolute atomic E-state index is 0.335. The van der Waals surface area contributed by atoms with Crippen molar-refractivity contribution >= 4 is 25.8 Å². The highest BCUT2D eigenvalue weighted by atomic mass is 32.1. The molecule has 0 aromatic heterocycles. The molecule has 0 amide bonds. The molecule has 0 saturated carbocycles. The van der Waals surface area contributed by atoms with Crippen molar-refractivity contribution in [1.29, 1.82) is 0 Å². The lowest BCUT2D eigenvalue weighted by Crippen LogP contribution is -2.41. The van der Waals surface area contributed by atoms with E-state index in [-0.39, 0.29) is 18.3 Å². The Bertz CT molecular complexity index is 527. The van der Waals surface area contributed by atoms with Crippen LogP contribution in [0.4, 0.5) is 0 Å². The molecule has 2 rings (SSSR count). The van der Waals surface area contributed by atoms with E-state index >= 15 is 0 Å². The summed E-state index contributed by atoms with van der Waals surface area (Å²) in [6, 6.07) is 8.16. The molecular weight excluding hydrogens is 281 g/mol. The summed E-state index contributed by atoms with van der Waals surface area (Å²) in [5.41, 5.74) is 8.24. The summed E-state index contributed by atoms with van der Waals surface area (Å²) >= 11 is 4.43. The van der Waals surface area contributed by atoms with Gasteiger partial charge in [0.15, 0.2) is 0 Å². The van der Waals surface area contributed by atoms with Gasteiger partial charge in [0.2, 0.25) is 0 Å². The van der Waals surface area contributed by atoms with Crippen LogP contribution in [-0.4, -0.2) is 24.1 Å². The van der Waals surface area contributed by atoms with E-state index in [1.54, 1.807) is 0 Å². The predicted molar refractivity (Wildman–Crippen MR) is 92.2 cm³/mol. The van der Waals surface area contributed by atoms with Crippen LogP contribution in [0.15, 0.2) is 29.7 Å². The molecule has 0 bridgehead atoms. The molecule has 0 unspecified atom stereocenters. The molecule has 0 aliphatic carbocycles. The topological polar surface area (TPSA) is 44.5 Å². The standard InChI is InChI=1S/C16H24BNO2S/c1-15(2)16(3,4)20-17(19-15)14(11-21)9-12-6-5-7-13(8-12)10-18/h5-9,21H,10-11,18H2,1-4H3. The predicted octanol–water partition coefficient (Wildman–Crippen LogP) is 3.09. The molecule has 1 aromatic carbocycles. The Morgan fingerprint density at radius 2 is 1.86 bits per heavy atom. The molecular formula is C16H24BNO2S. The van der Waals surface area contributed by atoms with Crippen LogP contribution < -0.4 is 5.73 Å². The largest absolute Gasteiger partial charge is 0.491 e. The fourth-order valence-electron chi connectivity index (χ4n) is 2.21. The molecule has 21 heavy (non-hydrogen) atoms. The van der Waals surface area contributed by atoms with Crippen LogP contribution in [0, 0.1) is 0 Å². The lowest BCUT2D eigenvalue weighted by Gasteiger charge is -2.32. The fourth-order valence-corrected chi connectivity index (χ4v) is 2.45. The van der Waals surface area contributed by atoms with Gasteiger partial charge in [0.25, 0.3) is 0 Å². The summed E-state index contributed by atoms with van der Waals surface area (Å²) < 4.78 is 12.2. The average molecular weight is 305 g/mol. The minimum Gasteiger partial charge on any atom is -0.400 e. The van der Waals surface area contributed by atoms with E-state index < -0.39 is 0 Å². The third-order valence-electron chi connectivity index (χ3n) is 4.28. The van der Waals surface area contributed by atoms with Crippen LogP contribution in [-0.2, 0) is 15.9 Å². The van der Waals surface area contributed by atoms with E-state index in [1.807, 2.05) is 18.2 Å². The SMILES string of the molecule is CC1(C)OB(C(=Cc2cccc(CN)c2)CS)OC1(C)C. The third-order valence-corrected chi connectivity index (χ3v) is 4.64. The first-order valence-electron chi connectivity index (χ1n) is 7.25. The summed E-state index contributed by atoms with van der Waals surface area (Å²) in [5.74, 6) is 0.587. The van der Waals surface area contributed by atoms with Crippen LogP contribution in [0.5, 0.6) is 0 Å². The number of benzene rings is 1. The van der Waals surface area contributed by atoms with Crippen molar-refractivity contribution in [2.45, 2.75) is 45.4 Å². The number of thiol groups is 1. The Morgan fingerprint density at radius 3 is 2.38 bits per heavy atom. The first-order chi connectivity index (χ1) is 9.79. The van der Waals surface area contributed by atoms with Crippen LogP contribution in [0.3, 0.4) is 0 Å². The molecule has 0 spiro atoms. The highest BCUT2D eigenvalue weighted by Crippen LogP contribution is 2.39. The quantitative estimate of drug-likeness (QED) is 0.664. The van der Waals surface area contributed by atoms with Crippen molar-refractivity contribution < 1.29 is 9.31 Å². The molecule has 2 N–H and O–H groups in total. The summed E-state index contributed by atoms with van der Waals surface area (Å²) in [6.07, 6.45) is 2.08. The van der Waals surface area contributed by atoms with Crippen LogP contribution in [0.25, 0.3) is 6.08 Å². The van der Waals surface area contributed by atoms with Gasteiger partial charge in [-0.05, 0) is 44.3 Å². The molecule has 0 atom stereocenters. The summed E-state index contributed by atoms with van der Waals surface area (Å²) in [7, 11) is -0.353. The Morgan fingerprint density at radius 1 is 1.24 bits per heavy atom. The van der Waals surface area contributed by atoms with E-state index in [0.717, 1.165) is 16.6 Å². The van der Waals surface area contributed by atoms with Gasteiger partial charge in [0, 0.05) is 12.3 Å². The Hall–Kier alpha value is -0.745. The van der Waals surface area contributed by atoms with Gasteiger partial charge in [0.05, 0.1) is 11.2 Å². The zero-order valence-electron chi connectivity index (χ0n) is 13.2. The number of nitrogens with two attached hydrogens (primary N) is 1. The fraction of sp³-hybridized carbons (Fsp3) is 0.500. The Labute approximate surface area is 133 Å². The maximum atomic E-state index is 6.08. The molecule has 1 aromatic rings. The zero-order chi connectivity index (χ0) is 15.7. The highest BCUT2D eigenvalue weighted by molar-refractivity contribution is 7.80. The average Bonchev–Trinajstić information content (AvgIpc) is 2.65. The summed E-state index contributed by atoms with van der Waals surface area (Å²) in [5, 5.41) is 0. The molecule has 0 radical (unpaired) electrons. The first-order valence-corrected chi connectivity index (χ1v) is 7.88. The second-order valence-electron chi connectivity index (χ2n) is 6.41. The van der Waals surface area contributed by atoms with Gasteiger partial charge in [-0.3, -0.25) is 0 Å². The number of rotatable bonds is 4. The van der Waals surface area contributed by atoms with E-state index in [4.69, 9.17) is 15.0 Å². The van der Waals surface area contributed by atoms with E-state index in [1.165, 1.54) is 0 Å². The summed E-state index contributed by atoms with van der Waals surface area (Å²) in [6.45, 7) is 8.75. The zero-order valence-corrected chi connectivity index (χ0v) is 14.1.